The lowest BCUT2D eigenvalue weighted by atomic mass is 10.1. The van der Waals surface area contributed by atoms with Crippen LogP contribution in [0.3, 0.4) is 0 Å². The number of hydrogen-bond acceptors (Lipinski definition) is 3. The van der Waals surface area contributed by atoms with Crippen LogP contribution in [-0.2, 0) is 16.0 Å². The number of phenolic OH excluding ortho intramolecular Hbond substituents is 1. The van der Waals surface area contributed by atoms with Gasteiger partial charge in [0.05, 0.1) is 0 Å². The number of phenols is 1. The van der Waals surface area contributed by atoms with Crippen LogP contribution in [0.5, 0.6) is 5.75 Å². The summed E-state index contributed by atoms with van der Waals surface area (Å²) in [5.74, 6) is -1.43. The summed E-state index contributed by atoms with van der Waals surface area (Å²) < 4.78 is 0. The van der Waals surface area contributed by atoms with Crippen LogP contribution in [0.25, 0.3) is 0 Å². The fraction of sp³-hybridized carbons (Fsp3) is 0.273. The minimum absolute atomic E-state index is 0.130. The van der Waals surface area contributed by atoms with Crippen LogP contribution in [0.1, 0.15) is 18.9 Å². The van der Waals surface area contributed by atoms with Gasteiger partial charge >= 0.3 is 5.97 Å². The second-order valence-corrected chi connectivity index (χ2v) is 3.08. The van der Waals surface area contributed by atoms with Gasteiger partial charge in [-0.05, 0) is 24.1 Å². The van der Waals surface area contributed by atoms with Crippen LogP contribution >= 0.6 is 0 Å². The van der Waals surface area contributed by atoms with Crippen molar-refractivity contribution in [1.29, 1.82) is 0 Å². The number of hydrogen-bond donors (Lipinski definition) is 3. The first-order valence-corrected chi connectivity index (χ1v) is 4.61. The molecule has 0 aliphatic heterocycles. The van der Waals surface area contributed by atoms with Gasteiger partial charge in [-0.3, -0.25) is 9.59 Å². The average Bonchev–Trinajstić information content (AvgIpc) is 2.16. The van der Waals surface area contributed by atoms with Gasteiger partial charge in [0.25, 0.3) is 5.97 Å². The van der Waals surface area contributed by atoms with E-state index in [1.54, 1.807) is 24.3 Å². The van der Waals surface area contributed by atoms with Crippen molar-refractivity contribution < 1.29 is 24.9 Å². The summed E-state index contributed by atoms with van der Waals surface area (Å²) >= 11 is 0. The number of aromatic hydroxyl groups is 1. The molecule has 0 aliphatic rings. The summed E-state index contributed by atoms with van der Waals surface area (Å²) in [7, 11) is 0. The van der Waals surface area contributed by atoms with E-state index in [9.17, 15) is 4.79 Å². The molecule has 0 spiro atoms. The maximum atomic E-state index is 10.2. The van der Waals surface area contributed by atoms with E-state index < -0.39 is 11.9 Å². The van der Waals surface area contributed by atoms with Crippen molar-refractivity contribution >= 4 is 11.9 Å². The largest absolute Gasteiger partial charge is 0.508 e. The fourth-order valence-electron chi connectivity index (χ4n) is 0.914. The molecule has 0 atom stereocenters. The monoisotopic (exact) mass is 226 g/mol. The van der Waals surface area contributed by atoms with Gasteiger partial charge in [-0.2, -0.15) is 0 Å². The van der Waals surface area contributed by atoms with Crippen LogP contribution in [0.2, 0.25) is 0 Å². The predicted octanol–water partition coefficient (Wildman–Crippen LogP) is 1.50. The third-order valence-electron chi connectivity index (χ3n) is 1.56. The topological polar surface area (TPSA) is 94.8 Å². The average molecular weight is 226 g/mol. The third-order valence-corrected chi connectivity index (χ3v) is 1.56. The highest BCUT2D eigenvalue weighted by Crippen LogP contribution is 2.10. The molecule has 1 aromatic carbocycles. The molecule has 5 nitrogen and oxygen atoms in total. The van der Waals surface area contributed by atoms with Gasteiger partial charge in [-0.1, -0.05) is 12.1 Å². The van der Waals surface area contributed by atoms with Crippen LogP contribution in [0, 0.1) is 0 Å². The Morgan fingerprint density at radius 1 is 1.12 bits per heavy atom. The van der Waals surface area contributed by atoms with Crippen LogP contribution in [-0.4, -0.2) is 27.3 Å². The normalized spacial score (nSPS) is 8.81. The van der Waals surface area contributed by atoms with Gasteiger partial charge in [-0.25, -0.2) is 0 Å². The maximum Gasteiger partial charge on any atom is 0.303 e. The molecule has 0 radical (unpaired) electrons. The number of carboxylic acids is 2. The Morgan fingerprint density at radius 3 is 1.94 bits per heavy atom. The summed E-state index contributed by atoms with van der Waals surface area (Å²) in [6.45, 7) is 1.08. The molecule has 0 heterocycles. The molecular formula is C11H14O5. The highest BCUT2D eigenvalue weighted by Gasteiger charge is 1.98. The van der Waals surface area contributed by atoms with Crippen molar-refractivity contribution in [1.82, 2.24) is 0 Å². The van der Waals surface area contributed by atoms with Crippen LogP contribution < -0.4 is 0 Å². The van der Waals surface area contributed by atoms with Crippen molar-refractivity contribution in [2.45, 2.75) is 19.8 Å². The van der Waals surface area contributed by atoms with Crippen molar-refractivity contribution in [2.24, 2.45) is 0 Å². The molecule has 0 fully saturated rings. The molecule has 0 saturated heterocycles. The molecule has 0 amide bonds. The summed E-state index contributed by atoms with van der Waals surface area (Å²) in [6.07, 6.45) is 0.639. The Balaban J connectivity index is 0.000000487. The van der Waals surface area contributed by atoms with Gasteiger partial charge in [0.15, 0.2) is 0 Å². The summed E-state index contributed by atoms with van der Waals surface area (Å²) in [5.41, 5.74) is 0.926. The second kappa shape index (κ2) is 7.28. The smallest absolute Gasteiger partial charge is 0.303 e. The lowest BCUT2D eigenvalue weighted by Gasteiger charge is -1.97. The summed E-state index contributed by atoms with van der Waals surface area (Å²) in [5, 5.41) is 24.7. The quantitative estimate of drug-likeness (QED) is 0.726. The second-order valence-electron chi connectivity index (χ2n) is 3.08. The molecule has 0 aliphatic carbocycles. The highest BCUT2D eigenvalue weighted by molar-refractivity contribution is 5.67. The van der Waals surface area contributed by atoms with Crippen molar-refractivity contribution in [3.8, 4) is 5.75 Å². The number of carbonyl (C=O) groups is 2. The molecule has 0 saturated carbocycles. The van der Waals surface area contributed by atoms with Crippen molar-refractivity contribution in [3.05, 3.63) is 29.8 Å². The first-order chi connectivity index (χ1) is 7.41. The molecule has 5 heteroatoms. The minimum Gasteiger partial charge on any atom is -0.508 e. The van der Waals surface area contributed by atoms with E-state index in [-0.39, 0.29) is 12.2 Å². The zero-order valence-corrected chi connectivity index (χ0v) is 8.88. The van der Waals surface area contributed by atoms with E-state index in [1.165, 1.54) is 0 Å². The molecule has 1 aromatic rings. The van der Waals surface area contributed by atoms with Gasteiger partial charge in [-0.15, -0.1) is 0 Å². The standard InChI is InChI=1S/C9H10O3.C2H4O2/c10-8-4-1-7(2-5-8)3-6-9(11)12;1-2(3)4/h1-2,4-5,10H,3,6H2,(H,11,12);1H3,(H,3,4). The molecule has 88 valence electrons. The third kappa shape index (κ3) is 8.55. The molecule has 1 rings (SSSR count). The Morgan fingerprint density at radius 2 is 1.56 bits per heavy atom. The van der Waals surface area contributed by atoms with Gasteiger partial charge in [0, 0.05) is 13.3 Å². The van der Waals surface area contributed by atoms with E-state index >= 15 is 0 Å². The number of aliphatic carboxylic acids is 2. The van der Waals surface area contributed by atoms with E-state index in [0.717, 1.165) is 12.5 Å². The Kier molecular flexibility index (Phi) is 6.35. The molecule has 16 heavy (non-hydrogen) atoms. The predicted molar refractivity (Wildman–Crippen MR) is 57.4 cm³/mol. The number of rotatable bonds is 3. The van der Waals surface area contributed by atoms with Gasteiger partial charge in [0.2, 0.25) is 0 Å². The Bertz CT molecular complexity index is 338. The van der Waals surface area contributed by atoms with Gasteiger partial charge < -0.3 is 15.3 Å². The lowest BCUT2D eigenvalue weighted by molar-refractivity contribution is -0.137. The highest BCUT2D eigenvalue weighted by atomic mass is 16.4. The first-order valence-electron chi connectivity index (χ1n) is 4.61. The van der Waals surface area contributed by atoms with Gasteiger partial charge in [0.1, 0.15) is 5.75 Å². The van der Waals surface area contributed by atoms with E-state index in [4.69, 9.17) is 20.1 Å². The van der Waals surface area contributed by atoms with Crippen LogP contribution in [0.4, 0.5) is 0 Å². The first kappa shape index (κ1) is 14.0. The fourth-order valence-corrected chi connectivity index (χ4v) is 0.914. The zero-order valence-electron chi connectivity index (χ0n) is 8.88. The number of aryl methyl sites for hydroxylation is 1. The van der Waals surface area contributed by atoms with E-state index in [1.807, 2.05) is 0 Å². The minimum atomic E-state index is -0.833. The van der Waals surface area contributed by atoms with Crippen molar-refractivity contribution in [3.63, 3.8) is 0 Å². The lowest BCUT2D eigenvalue weighted by Crippen LogP contribution is -1.96. The molecule has 3 N–H and O–H groups in total. The van der Waals surface area contributed by atoms with Crippen LogP contribution in [0.15, 0.2) is 24.3 Å². The molecule has 0 aromatic heterocycles. The number of carboxylic acid groups (broad SMARTS) is 2. The summed E-state index contributed by atoms with van der Waals surface area (Å²) in [4.78, 5) is 19.2. The number of benzene rings is 1. The maximum absolute atomic E-state index is 10.2. The van der Waals surface area contributed by atoms with Crippen molar-refractivity contribution in [2.75, 3.05) is 0 Å². The molecule has 0 unspecified atom stereocenters. The molecular weight excluding hydrogens is 212 g/mol. The Labute approximate surface area is 93.0 Å². The SMILES string of the molecule is CC(=O)O.O=C(O)CCc1ccc(O)cc1. The van der Waals surface area contributed by atoms with E-state index in [0.29, 0.717) is 6.42 Å². The molecule has 0 bridgehead atoms. The van der Waals surface area contributed by atoms with E-state index in [2.05, 4.69) is 0 Å². The Hall–Kier alpha value is -2.04. The zero-order chi connectivity index (χ0) is 12.6. The summed E-state index contributed by atoms with van der Waals surface area (Å²) in [6, 6.07) is 6.55.